The minimum absolute atomic E-state index is 0.373. The van der Waals surface area contributed by atoms with Gasteiger partial charge in [0, 0.05) is 29.5 Å². The summed E-state index contributed by atoms with van der Waals surface area (Å²) in [5, 5.41) is 4.27. The molecule has 1 aromatic carbocycles. The molecular formula is C13H16ClN3. The van der Waals surface area contributed by atoms with Gasteiger partial charge in [-0.3, -0.25) is 0 Å². The summed E-state index contributed by atoms with van der Waals surface area (Å²) in [5.41, 5.74) is 2.27. The second-order valence-electron chi connectivity index (χ2n) is 4.15. The standard InChI is InChI=1S/C13H16ClN3/c1-10(16-8-12-7-15-9-17-12)6-11-4-2-3-5-13(11)14/h2-5,7,9-10,16H,6,8H2,1H3,(H,15,17). The van der Waals surface area contributed by atoms with Crippen LogP contribution in [0.25, 0.3) is 0 Å². The molecule has 0 aliphatic heterocycles. The molecule has 0 radical (unpaired) electrons. The number of hydrogen-bond donors (Lipinski definition) is 2. The molecule has 0 bridgehead atoms. The predicted molar refractivity (Wildman–Crippen MR) is 70.0 cm³/mol. The van der Waals surface area contributed by atoms with Crippen LogP contribution in [0.5, 0.6) is 0 Å². The van der Waals surface area contributed by atoms with Crippen molar-refractivity contribution in [3.8, 4) is 0 Å². The van der Waals surface area contributed by atoms with E-state index in [-0.39, 0.29) is 0 Å². The van der Waals surface area contributed by atoms with Gasteiger partial charge in [-0.25, -0.2) is 4.98 Å². The largest absolute Gasteiger partial charge is 0.347 e. The maximum absolute atomic E-state index is 6.12. The summed E-state index contributed by atoms with van der Waals surface area (Å²) in [6.07, 6.45) is 4.44. The Morgan fingerprint density at radius 3 is 2.94 bits per heavy atom. The number of H-pyrrole nitrogens is 1. The molecule has 4 heteroatoms. The van der Waals surface area contributed by atoms with Gasteiger partial charge in [0.05, 0.1) is 6.33 Å². The van der Waals surface area contributed by atoms with Crippen LogP contribution in [-0.4, -0.2) is 16.0 Å². The van der Waals surface area contributed by atoms with E-state index in [1.54, 1.807) is 6.33 Å². The molecule has 90 valence electrons. The molecule has 1 heterocycles. The monoisotopic (exact) mass is 249 g/mol. The summed E-state index contributed by atoms with van der Waals surface area (Å²) < 4.78 is 0. The highest BCUT2D eigenvalue weighted by Crippen LogP contribution is 2.16. The molecule has 2 aromatic rings. The predicted octanol–water partition coefficient (Wildman–Crippen LogP) is 2.78. The van der Waals surface area contributed by atoms with Gasteiger partial charge in [-0.15, -0.1) is 0 Å². The van der Waals surface area contributed by atoms with Gasteiger partial charge in [0.2, 0.25) is 0 Å². The fourth-order valence-corrected chi connectivity index (χ4v) is 1.94. The Balaban J connectivity index is 1.85. The first-order chi connectivity index (χ1) is 8.25. The fraction of sp³-hybridized carbons (Fsp3) is 0.308. The van der Waals surface area contributed by atoms with Gasteiger partial charge >= 0.3 is 0 Å². The highest BCUT2D eigenvalue weighted by atomic mass is 35.5. The molecule has 0 spiro atoms. The number of nitrogens with one attached hydrogen (secondary N) is 2. The molecule has 0 aliphatic rings. The Labute approximate surface area is 106 Å². The number of hydrogen-bond acceptors (Lipinski definition) is 2. The molecular weight excluding hydrogens is 234 g/mol. The van der Waals surface area contributed by atoms with E-state index < -0.39 is 0 Å². The Kier molecular flexibility index (Phi) is 4.18. The Morgan fingerprint density at radius 1 is 1.41 bits per heavy atom. The summed E-state index contributed by atoms with van der Waals surface area (Å²) in [6, 6.07) is 8.34. The van der Waals surface area contributed by atoms with E-state index in [1.807, 2.05) is 24.4 Å². The van der Waals surface area contributed by atoms with Gasteiger partial charge in [-0.05, 0) is 25.0 Å². The molecule has 0 amide bonds. The average Bonchev–Trinajstić information content (AvgIpc) is 2.82. The molecule has 1 aromatic heterocycles. The van der Waals surface area contributed by atoms with E-state index in [4.69, 9.17) is 11.6 Å². The number of benzene rings is 1. The van der Waals surface area contributed by atoms with Crippen LogP contribution in [-0.2, 0) is 13.0 Å². The van der Waals surface area contributed by atoms with Crippen LogP contribution in [0, 0.1) is 0 Å². The average molecular weight is 250 g/mol. The topological polar surface area (TPSA) is 40.7 Å². The van der Waals surface area contributed by atoms with Crippen molar-refractivity contribution < 1.29 is 0 Å². The van der Waals surface area contributed by atoms with E-state index in [0.717, 1.165) is 23.7 Å². The lowest BCUT2D eigenvalue weighted by Gasteiger charge is -2.14. The Hall–Kier alpha value is -1.32. The van der Waals surface area contributed by atoms with E-state index in [9.17, 15) is 0 Å². The number of aromatic amines is 1. The third kappa shape index (κ3) is 3.58. The van der Waals surface area contributed by atoms with Gasteiger partial charge in [0.15, 0.2) is 0 Å². The van der Waals surface area contributed by atoms with Crippen LogP contribution in [0.4, 0.5) is 0 Å². The highest BCUT2D eigenvalue weighted by Gasteiger charge is 2.06. The van der Waals surface area contributed by atoms with Gasteiger partial charge in [0.1, 0.15) is 0 Å². The third-order valence-electron chi connectivity index (χ3n) is 2.68. The van der Waals surface area contributed by atoms with Crippen molar-refractivity contribution >= 4 is 11.6 Å². The molecule has 2 rings (SSSR count). The first-order valence-corrected chi connectivity index (χ1v) is 6.07. The number of aromatic nitrogens is 2. The molecule has 0 fully saturated rings. The molecule has 0 saturated carbocycles. The van der Waals surface area contributed by atoms with Crippen molar-refractivity contribution in [1.82, 2.24) is 15.3 Å². The lowest BCUT2D eigenvalue weighted by molar-refractivity contribution is 0.541. The van der Waals surface area contributed by atoms with E-state index >= 15 is 0 Å². The van der Waals surface area contributed by atoms with Crippen molar-refractivity contribution in [2.24, 2.45) is 0 Å². The van der Waals surface area contributed by atoms with E-state index in [0.29, 0.717) is 6.04 Å². The Morgan fingerprint density at radius 2 is 2.24 bits per heavy atom. The molecule has 0 aliphatic carbocycles. The van der Waals surface area contributed by atoms with Crippen LogP contribution in [0.2, 0.25) is 5.02 Å². The van der Waals surface area contributed by atoms with Gasteiger partial charge in [-0.2, -0.15) is 0 Å². The summed E-state index contributed by atoms with van der Waals surface area (Å²) in [4.78, 5) is 7.05. The normalized spacial score (nSPS) is 12.6. The highest BCUT2D eigenvalue weighted by molar-refractivity contribution is 6.31. The van der Waals surface area contributed by atoms with Crippen LogP contribution in [0.15, 0.2) is 36.8 Å². The molecule has 0 saturated heterocycles. The lowest BCUT2D eigenvalue weighted by atomic mass is 10.1. The Bertz CT molecular complexity index is 453. The molecule has 1 atom stereocenters. The number of rotatable bonds is 5. The van der Waals surface area contributed by atoms with E-state index in [2.05, 4.69) is 28.3 Å². The third-order valence-corrected chi connectivity index (χ3v) is 3.05. The SMILES string of the molecule is CC(Cc1ccccc1Cl)NCc1cnc[nH]1. The van der Waals surface area contributed by atoms with Gasteiger partial charge < -0.3 is 10.3 Å². The van der Waals surface area contributed by atoms with Gasteiger partial charge in [0.25, 0.3) is 0 Å². The zero-order chi connectivity index (χ0) is 12.1. The zero-order valence-electron chi connectivity index (χ0n) is 9.78. The van der Waals surface area contributed by atoms with Crippen LogP contribution >= 0.6 is 11.6 Å². The second-order valence-corrected chi connectivity index (χ2v) is 4.56. The van der Waals surface area contributed by atoms with E-state index in [1.165, 1.54) is 5.56 Å². The fourth-order valence-electron chi connectivity index (χ4n) is 1.73. The quantitative estimate of drug-likeness (QED) is 0.856. The molecule has 2 N–H and O–H groups in total. The van der Waals surface area contributed by atoms with Crippen molar-refractivity contribution in [2.45, 2.75) is 25.9 Å². The summed E-state index contributed by atoms with van der Waals surface area (Å²) in [5.74, 6) is 0. The van der Waals surface area contributed by atoms with Crippen molar-refractivity contribution in [3.63, 3.8) is 0 Å². The van der Waals surface area contributed by atoms with Crippen molar-refractivity contribution in [1.29, 1.82) is 0 Å². The maximum Gasteiger partial charge on any atom is 0.0922 e. The smallest absolute Gasteiger partial charge is 0.0922 e. The summed E-state index contributed by atoms with van der Waals surface area (Å²) in [7, 11) is 0. The molecule has 3 nitrogen and oxygen atoms in total. The van der Waals surface area contributed by atoms with Crippen LogP contribution in [0.1, 0.15) is 18.2 Å². The van der Waals surface area contributed by atoms with Crippen LogP contribution in [0.3, 0.4) is 0 Å². The molecule has 17 heavy (non-hydrogen) atoms. The van der Waals surface area contributed by atoms with Crippen molar-refractivity contribution in [3.05, 3.63) is 53.1 Å². The minimum Gasteiger partial charge on any atom is -0.347 e. The number of halogens is 1. The second kappa shape index (κ2) is 5.84. The lowest BCUT2D eigenvalue weighted by Crippen LogP contribution is -2.27. The van der Waals surface area contributed by atoms with Gasteiger partial charge in [-0.1, -0.05) is 29.8 Å². The number of nitrogens with zero attached hydrogens (tertiary/aromatic N) is 1. The summed E-state index contributed by atoms with van der Waals surface area (Å²) in [6.45, 7) is 2.95. The zero-order valence-corrected chi connectivity index (χ0v) is 10.5. The number of imidazole rings is 1. The maximum atomic E-state index is 6.12. The molecule has 1 unspecified atom stereocenters. The first kappa shape index (κ1) is 12.1. The van der Waals surface area contributed by atoms with Crippen LogP contribution < -0.4 is 5.32 Å². The minimum atomic E-state index is 0.373. The van der Waals surface area contributed by atoms with Crippen molar-refractivity contribution in [2.75, 3.05) is 0 Å². The summed E-state index contributed by atoms with van der Waals surface area (Å²) >= 11 is 6.12. The first-order valence-electron chi connectivity index (χ1n) is 5.70.